The van der Waals surface area contributed by atoms with E-state index < -0.39 is 24.7 Å². The second kappa shape index (κ2) is 6.44. The van der Waals surface area contributed by atoms with E-state index in [1.165, 1.54) is 11.3 Å². The largest absolute Gasteiger partial charge is 0.465 e. The van der Waals surface area contributed by atoms with E-state index in [0.717, 1.165) is 10.1 Å². The van der Waals surface area contributed by atoms with E-state index in [0.29, 0.717) is 5.56 Å². The molecular weight excluding hydrogens is 303 g/mol. The third-order valence-electron chi connectivity index (χ3n) is 2.85. The van der Waals surface area contributed by atoms with E-state index in [9.17, 15) is 18.0 Å². The molecule has 0 spiro atoms. The summed E-state index contributed by atoms with van der Waals surface area (Å²) in [6.45, 7) is 0.482. The Hall–Kier alpha value is -1.60. The molecule has 0 saturated heterocycles. The highest BCUT2D eigenvalue weighted by atomic mass is 32.1. The van der Waals surface area contributed by atoms with Gasteiger partial charge >= 0.3 is 12.1 Å². The minimum atomic E-state index is -4.39. The molecule has 0 radical (unpaired) electrons. The fraction of sp³-hybridized carbons (Fsp3) is 0.357. The summed E-state index contributed by atoms with van der Waals surface area (Å²) in [6, 6.07) is 6.14. The molecule has 114 valence electrons. The second-order valence-electron chi connectivity index (χ2n) is 4.37. The molecule has 0 bridgehead atoms. The Labute approximate surface area is 123 Å². The molecule has 1 aromatic carbocycles. The van der Waals surface area contributed by atoms with Gasteiger partial charge in [0.05, 0.1) is 13.2 Å². The van der Waals surface area contributed by atoms with Crippen molar-refractivity contribution in [1.82, 2.24) is 5.32 Å². The lowest BCUT2D eigenvalue weighted by Crippen LogP contribution is -2.36. The molecule has 1 N–H and O–H groups in total. The maximum absolute atomic E-state index is 12.4. The molecule has 21 heavy (non-hydrogen) atoms. The predicted molar refractivity (Wildman–Crippen MR) is 75.3 cm³/mol. The van der Waals surface area contributed by atoms with Gasteiger partial charge in [-0.05, 0) is 29.3 Å². The predicted octanol–water partition coefficient (Wildman–Crippen LogP) is 3.66. The summed E-state index contributed by atoms with van der Waals surface area (Å²) in [5, 5.41) is 4.70. The number of hydrogen-bond acceptors (Lipinski definition) is 4. The molecule has 0 fully saturated rings. The summed E-state index contributed by atoms with van der Waals surface area (Å²) in [6.07, 6.45) is -4.39. The maximum Gasteiger partial charge on any atom is 0.401 e. The van der Waals surface area contributed by atoms with Crippen LogP contribution in [0.5, 0.6) is 0 Å². The molecule has 2 rings (SSSR count). The van der Waals surface area contributed by atoms with Crippen LogP contribution >= 0.6 is 11.3 Å². The number of thiophene rings is 1. The standard InChI is InChI=1S/C14H14F3NO2S/c1-2-20-13(19)12(18-8-14(15,16)17)10-7-21-11-6-4-3-5-9(10)11/h3-7,12,18H,2,8H2,1H3. The van der Waals surface area contributed by atoms with Crippen LogP contribution in [0.2, 0.25) is 0 Å². The fourth-order valence-electron chi connectivity index (χ4n) is 1.99. The van der Waals surface area contributed by atoms with Gasteiger partial charge in [0.25, 0.3) is 0 Å². The lowest BCUT2D eigenvalue weighted by atomic mass is 10.1. The van der Waals surface area contributed by atoms with E-state index in [4.69, 9.17) is 4.74 Å². The van der Waals surface area contributed by atoms with Gasteiger partial charge in [-0.3, -0.25) is 5.32 Å². The number of hydrogen-bond donors (Lipinski definition) is 1. The van der Waals surface area contributed by atoms with E-state index in [1.54, 1.807) is 24.4 Å². The monoisotopic (exact) mass is 317 g/mol. The van der Waals surface area contributed by atoms with Crippen LogP contribution in [0.25, 0.3) is 10.1 Å². The normalized spacial score (nSPS) is 13.3. The Morgan fingerprint density at radius 1 is 1.38 bits per heavy atom. The first-order valence-corrected chi connectivity index (χ1v) is 7.23. The Morgan fingerprint density at radius 2 is 2.10 bits per heavy atom. The summed E-state index contributed by atoms with van der Waals surface area (Å²) >= 11 is 1.38. The molecule has 0 aliphatic heterocycles. The first kappa shape index (κ1) is 15.8. The molecule has 7 heteroatoms. The molecule has 2 aromatic rings. The Morgan fingerprint density at radius 3 is 2.76 bits per heavy atom. The van der Waals surface area contributed by atoms with E-state index in [-0.39, 0.29) is 6.61 Å². The van der Waals surface area contributed by atoms with Crippen LogP contribution in [0.15, 0.2) is 29.6 Å². The minimum Gasteiger partial charge on any atom is -0.465 e. The highest BCUT2D eigenvalue weighted by Gasteiger charge is 2.32. The van der Waals surface area contributed by atoms with Crippen LogP contribution in [-0.4, -0.2) is 25.3 Å². The molecule has 0 aliphatic rings. The van der Waals surface area contributed by atoms with Crippen LogP contribution < -0.4 is 5.32 Å². The molecule has 0 saturated carbocycles. The Bertz CT molecular complexity index is 624. The van der Waals surface area contributed by atoms with Gasteiger partial charge < -0.3 is 4.74 Å². The number of carbonyl (C=O) groups excluding carboxylic acids is 1. The number of rotatable bonds is 5. The SMILES string of the molecule is CCOC(=O)C(NCC(F)(F)F)c1csc2ccccc12. The highest BCUT2D eigenvalue weighted by Crippen LogP contribution is 2.31. The van der Waals surface area contributed by atoms with Crippen LogP contribution in [0.3, 0.4) is 0 Å². The molecule has 1 heterocycles. The molecule has 0 aliphatic carbocycles. The van der Waals surface area contributed by atoms with Crippen LogP contribution in [0, 0.1) is 0 Å². The lowest BCUT2D eigenvalue weighted by Gasteiger charge is -2.18. The van der Waals surface area contributed by atoms with E-state index >= 15 is 0 Å². The van der Waals surface area contributed by atoms with E-state index in [1.807, 2.05) is 12.1 Å². The summed E-state index contributed by atoms with van der Waals surface area (Å²) in [5.74, 6) is -0.703. The van der Waals surface area contributed by atoms with Crippen molar-refractivity contribution < 1.29 is 22.7 Å². The molecular formula is C14H14F3NO2S. The van der Waals surface area contributed by atoms with Crippen molar-refractivity contribution in [2.45, 2.75) is 19.1 Å². The highest BCUT2D eigenvalue weighted by molar-refractivity contribution is 7.17. The van der Waals surface area contributed by atoms with Crippen LogP contribution in [0.1, 0.15) is 18.5 Å². The zero-order chi connectivity index (χ0) is 15.5. The number of nitrogens with one attached hydrogen (secondary N) is 1. The van der Waals surface area contributed by atoms with Crippen molar-refractivity contribution in [1.29, 1.82) is 0 Å². The quantitative estimate of drug-likeness (QED) is 0.855. The average molecular weight is 317 g/mol. The molecule has 1 aromatic heterocycles. The van der Waals surface area contributed by atoms with Gasteiger partial charge in [0.15, 0.2) is 0 Å². The first-order chi connectivity index (χ1) is 9.92. The number of fused-ring (bicyclic) bond motifs is 1. The van der Waals surface area contributed by atoms with Gasteiger partial charge in [0.2, 0.25) is 0 Å². The van der Waals surface area contributed by atoms with Gasteiger partial charge in [-0.2, -0.15) is 13.2 Å². The van der Waals surface area contributed by atoms with Crippen molar-refractivity contribution in [2.24, 2.45) is 0 Å². The van der Waals surface area contributed by atoms with Crippen molar-refractivity contribution in [3.05, 3.63) is 35.2 Å². The van der Waals surface area contributed by atoms with Gasteiger partial charge in [-0.15, -0.1) is 11.3 Å². The maximum atomic E-state index is 12.4. The number of ether oxygens (including phenoxy) is 1. The zero-order valence-electron chi connectivity index (χ0n) is 11.2. The number of carbonyl (C=O) groups is 1. The number of benzene rings is 1. The second-order valence-corrected chi connectivity index (χ2v) is 5.28. The molecule has 1 unspecified atom stereocenters. The van der Waals surface area contributed by atoms with Gasteiger partial charge in [0, 0.05) is 4.70 Å². The fourth-order valence-corrected chi connectivity index (χ4v) is 2.97. The summed E-state index contributed by atoms with van der Waals surface area (Å²) in [5.41, 5.74) is 0.512. The minimum absolute atomic E-state index is 0.116. The molecule has 3 nitrogen and oxygen atoms in total. The first-order valence-electron chi connectivity index (χ1n) is 6.35. The van der Waals surface area contributed by atoms with Gasteiger partial charge in [-0.1, -0.05) is 18.2 Å². The Kier molecular flexibility index (Phi) is 4.84. The third-order valence-corrected chi connectivity index (χ3v) is 3.83. The smallest absolute Gasteiger partial charge is 0.401 e. The van der Waals surface area contributed by atoms with Crippen LogP contribution in [-0.2, 0) is 9.53 Å². The summed E-state index contributed by atoms with van der Waals surface area (Å²) < 4.78 is 43.0. The molecule has 0 amide bonds. The Balaban J connectivity index is 2.32. The van der Waals surface area contributed by atoms with Crippen molar-refractivity contribution in [3.8, 4) is 0 Å². The number of halogens is 3. The third kappa shape index (κ3) is 3.95. The topological polar surface area (TPSA) is 38.3 Å². The van der Waals surface area contributed by atoms with Crippen molar-refractivity contribution in [2.75, 3.05) is 13.2 Å². The zero-order valence-corrected chi connectivity index (χ0v) is 12.1. The van der Waals surface area contributed by atoms with E-state index in [2.05, 4.69) is 5.32 Å². The number of alkyl halides is 3. The summed E-state index contributed by atoms with van der Waals surface area (Å²) in [7, 11) is 0. The number of esters is 1. The van der Waals surface area contributed by atoms with Gasteiger partial charge in [0.1, 0.15) is 6.04 Å². The average Bonchev–Trinajstić information content (AvgIpc) is 2.82. The van der Waals surface area contributed by atoms with Crippen molar-refractivity contribution >= 4 is 27.4 Å². The van der Waals surface area contributed by atoms with Crippen LogP contribution in [0.4, 0.5) is 13.2 Å². The van der Waals surface area contributed by atoms with Gasteiger partial charge in [-0.25, -0.2) is 4.79 Å². The van der Waals surface area contributed by atoms with Crippen molar-refractivity contribution in [3.63, 3.8) is 0 Å². The lowest BCUT2D eigenvalue weighted by molar-refractivity contribution is -0.149. The molecule has 1 atom stereocenters. The summed E-state index contributed by atoms with van der Waals surface area (Å²) in [4.78, 5) is 12.0.